The molecule has 1 aliphatic rings. The molecule has 92 valence electrons. The van der Waals surface area contributed by atoms with Crippen molar-refractivity contribution in [3.8, 4) is 0 Å². The van der Waals surface area contributed by atoms with Crippen LogP contribution >= 0.6 is 22.9 Å². The first kappa shape index (κ1) is 12.3. The highest BCUT2D eigenvalue weighted by molar-refractivity contribution is 7.17. The number of amides is 1. The molecule has 0 unspecified atom stereocenters. The second kappa shape index (κ2) is 5.01. The molecule has 0 saturated carbocycles. The molecule has 1 saturated heterocycles. The van der Waals surface area contributed by atoms with Crippen molar-refractivity contribution in [1.29, 1.82) is 0 Å². The van der Waals surface area contributed by atoms with E-state index >= 15 is 0 Å². The van der Waals surface area contributed by atoms with E-state index in [1.54, 1.807) is 0 Å². The number of thiazole rings is 1. The maximum Gasteiger partial charge on any atom is 0.220 e. The van der Waals surface area contributed by atoms with Crippen molar-refractivity contribution in [2.75, 3.05) is 18.0 Å². The minimum Gasteiger partial charge on any atom is -0.369 e. The van der Waals surface area contributed by atoms with Gasteiger partial charge in [0, 0.05) is 19.0 Å². The average Bonchev–Trinajstić information content (AvgIpc) is 2.70. The predicted octanol–water partition coefficient (Wildman–Crippen LogP) is 1.31. The third kappa shape index (κ3) is 2.58. The zero-order valence-corrected chi connectivity index (χ0v) is 10.6. The Balaban J connectivity index is 2.05. The number of aldehydes is 1. The number of rotatable bonds is 3. The van der Waals surface area contributed by atoms with Crippen LogP contribution in [0.15, 0.2) is 0 Å². The highest BCUT2D eigenvalue weighted by Gasteiger charge is 2.25. The summed E-state index contributed by atoms with van der Waals surface area (Å²) < 4.78 is 0. The lowest BCUT2D eigenvalue weighted by Gasteiger charge is -2.30. The van der Waals surface area contributed by atoms with Crippen molar-refractivity contribution in [2.24, 2.45) is 11.7 Å². The molecular formula is C10H12ClN3O2S. The quantitative estimate of drug-likeness (QED) is 0.843. The summed E-state index contributed by atoms with van der Waals surface area (Å²) in [6, 6.07) is 0. The summed E-state index contributed by atoms with van der Waals surface area (Å²) in [5.41, 5.74) is 5.26. The van der Waals surface area contributed by atoms with Gasteiger partial charge in [-0.15, -0.1) is 0 Å². The van der Waals surface area contributed by atoms with E-state index in [1.165, 1.54) is 11.3 Å². The maximum atomic E-state index is 11.0. The lowest BCUT2D eigenvalue weighted by atomic mass is 9.97. The van der Waals surface area contributed by atoms with Crippen molar-refractivity contribution < 1.29 is 9.59 Å². The smallest absolute Gasteiger partial charge is 0.220 e. The van der Waals surface area contributed by atoms with Gasteiger partial charge in [0.05, 0.1) is 0 Å². The second-order valence-corrected chi connectivity index (χ2v) is 5.30. The Kier molecular flexibility index (Phi) is 3.63. The average molecular weight is 274 g/mol. The Hall–Kier alpha value is -1.14. The molecule has 2 N–H and O–H groups in total. The molecule has 0 spiro atoms. The normalized spacial score (nSPS) is 17.1. The van der Waals surface area contributed by atoms with Crippen LogP contribution in [0.5, 0.6) is 0 Å². The zero-order valence-electron chi connectivity index (χ0n) is 9.06. The molecule has 2 heterocycles. The largest absolute Gasteiger partial charge is 0.369 e. The first-order chi connectivity index (χ1) is 8.11. The third-order valence-electron chi connectivity index (χ3n) is 2.87. The minimum absolute atomic E-state index is 0.0489. The van der Waals surface area contributed by atoms with E-state index in [0.29, 0.717) is 11.2 Å². The molecule has 0 aromatic carbocycles. The molecule has 1 aromatic heterocycles. The van der Waals surface area contributed by atoms with E-state index in [4.69, 9.17) is 17.3 Å². The Morgan fingerprint density at radius 1 is 1.53 bits per heavy atom. The van der Waals surface area contributed by atoms with Crippen LogP contribution in [-0.4, -0.2) is 30.3 Å². The summed E-state index contributed by atoms with van der Waals surface area (Å²) in [4.78, 5) is 28.3. The molecule has 7 heteroatoms. The number of carbonyl (C=O) groups excluding carboxylic acids is 2. The summed E-state index contributed by atoms with van der Waals surface area (Å²) in [7, 11) is 0. The number of hydrogen-bond donors (Lipinski definition) is 1. The molecule has 5 nitrogen and oxygen atoms in total. The highest BCUT2D eigenvalue weighted by atomic mass is 35.5. The van der Waals surface area contributed by atoms with Gasteiger partial charge in [0.25, 0.3) is 0 Å². The number of carbonyl (C=O) groups is 2. The molecule has 1 fully saturated rings. The van der Waals surface area contributed by atoms with E-state index in [-0.39, 0.29) is 17.0 Å². The van der Waals surface area contributed by atoms with E-state index in [9.17, 15) is 9.59 Å². The first-order valence-electron chi connectivity index (χ1n) is 5.27. The zero-order chi connectivity index (χ0) is 12.4. The molecule has 2 rings (SSSR count). The Morgan fingerprint density at radius 3 is 2.65 bits per heavy atom. The Bertz CT molecular complexity index is 441. The predicted molar refractivity (Wildman–Crippen MR) is 66.6 cm³/mol. The number of aromatic nitrogens is 1. The molecule has 0 atom stereocenters. The standard InChI is InChI=1S/C10H12ClN3O2S/c11-8-7(5-15)17-10(13-8)14-3-1-6(2-4-14)9(12)16/h5-6H,1-4H2,(H2,12,16). The van der Waals surface area contributed by atoms with Gasteiger partial charge in [-0.25, -0.2) is 4.98 Å². The molecule has 0 radical (unpaired) electrons. The fourth-order valence-electron chi connectivity index (χ4n) is 1.87. The highest BCUT2D eigenvalue weighted by Crippen LogP contribution is 2.31. The van der Waals surface area contributed by atoms with Crippen LogP contribution in [0.2, 0.25) is 5.15 Å². The van der Waals surface area contributed by atoms with Gasteiger partial charge in [0.1, 0.15) is 4.88 Å². The van der Waals surface area contributed by atoms with Crippen LogP contribution in [0.3, 0.4) is 0 Å². The molecule has 1 aromatic rings. The lowest BCUT2D eigenvalue weighted by Crippen LogP contribution is -2.38. The van der Waals surface area contributed by atoms with Gasteiger partial charge < -0.3 is 10.6 Å². The summed E-state index contributed by atoms with van der Waals surface area (Å²) in [6.07, 6.45) is 2.16. The van der Waals surface area contributed by atoms with Crippen molar-refractivity contribution in [1.82, 2.24) is 4.98 Å². The number of piperidine rings is 1. The SMILES string of the molecule is NC(=O)C1CCN(c2nc(Cl)c(C=O)s2)CC1. The second-order valence-electron chi connectivity index (χ2n) is 3.93. The Morgan fingerprint density at radius 2 is 2.18 bits per heavy atom. The molecule has 0 aliphatic carbocycles. The van der Waals surface area contributed by atoms with E-state index in [1.807, 2.05) is 4.90 Å². The van der Waals surface area contributed by atoms with E-state index in [2.05, 4.69) is 4.98 Å². The van der Waals surface area contributed by atoms with Gasteiger partial charge in [0.2, 0.25) is 5.91 Å². The summed E-state index contributed by atoms with van der Waals surface area (Å²) in [5.74, 6) is -0.289. The van der Waals surface area contributed by atoms with Crippen molar-refractivity contribution in [3.63, 3.8) is 0 Å². The van der Waals surface area contributed by atoms with Crippen molar-refractivity contribution >= 4 is 40.3 Å². The first-order valence-corrected chi connectivity index (χ1v) is 6.47. The van der Waals surface area contributed by atoms with E-state index in [0.717, 1.165) is 31.1 Å². The van der Waals surface area contributed by atoms with Crippen LogP contribution in [0.25, 0.3) is 0 Å². The summed E-state index contributed by atoms with van der Waals surface area (Å²) >= 11 is 7.08. The van der Waals surface area contributed by atoms with Gasteiger partial charge in [-0.3, -0.25) is 9.59 Å². The summed E-state index contributed by atoms with van der Waals surface area (Å²) in [5, 5.41) is 0.983. The molecule has 17 heavy (non-hydrogen) atoms. The molecular weight excluding hydrogens is 262 g/mol. The topological polar surface area (TPSA) is 76.3 Å². The van der Waals surface area contributed by atoms with E-state index < -0.39 is 0 Å². The third-order valence-corrected chi connectivity index (χ3v) is 4.31. The monoisotopic (exact) mass is 273 g/mol. The van der Waals surface area contributed by atoms with Gasteiger partial charge in [-0.2, -0.15) is 0 Å². The molecule has 1 aliphatic heterocycles. The minimum atomic E-state index is -0.240. The van der Waals surface area contributed by atoms with Gasteiger partial charge >= 0.3 is 0 Å². The number of nitrogens with zero attached hydrogens (tertiary/aromatic N) is 2. The van der Waals surface area contributed by atoms with Crippen LogP contribution in [-0.2, 0) is 4.79 Å². The lowest BCUT2D eigenvalue weighted by molar-refractivity contribution is -0.122. The fourth-order valence-corrected chi connectivity index (χ4v) is 2.98. The van der Waals surface area contributed by atoms with Gasteiger partial charge in [-0.1, -0.05) is 22.9 Å². The van der Waals surface area contributed by atoms with Crippen LogP contribution in [0.4, 0.5) is 5.13 Å². The number of halogens is 1. The number of primary amides is 1. The Labute approximate surface area is 108 Å². The van der Waals surface area contributed by atoms with Crippen molar-refractivity contribution in [3.05, 3.63) is 10.0 Å². The van der Waals surface area contributed by atoms with Gasteiger partial charge in [-0.05, 0) is 12.8 Å². The van der Waals surface area contributed by atoms with Crippen molar-refractivity contribution in [2.45, 2.75) is 12.8 Å². The van der Waals surface area contributed by atoms with Crippen LogP contribution in [0.1, 0.15) is 22.5 Å². The summed E-state index contributed by atoms with van der Waals surface area (Å²) in [6.45, 7) is 1.44. The van der Waals surface area contributed by atoms with Gasteiger partial charge in [0.15, 0.2) is 16.6 Å². The molecule has 0 bridgehead atoms. The number of anilines is 1. The number of nitrogens with two attached hydrogens (primary N) is 1. The number of hydrogen-bond acceptors (Lipinski definition) is 5. The maximum absolute atomic E-state index is 11.0. The molecule has 1 amide bonds. The van der Waals surface area contributed by atoms with Crippen LogP contribution < -0.4 is 10.6 Å². The fraction of sp³-hybridized carbons (Fsp3) is 0.500. The van der Waals surface area contributed by atoms with Crippen LogP contribution in [0, 0.1) is 5.92 Å².